The largest absolute Gasteiger partial charge is 0.554 e. The molecule has 66 valence electrons. The lowest BCUT2D eigenvalue weighted by Crippen LogP contribution is -2.56. The van der Waals surface area contributed by atoms with Crippen LogP contribution in [0.1, 0.15) is 20.8 Å². The van der Waals surface area contributed by atoms with Crippen molar-refractivity contribution in [2.24, 2.45) is 5.41 Å². The van der Waals surface area contributed by atoms with Crippen molar-refractivity contribution in [3.05, 3.63) is 0 Å². The van der Waals surface area contributed by atoms with Crippen LogP contribution < -0.4 is 10.8 Å². The second kappa shape index (κ2) is 5.85. The highest BCUT2D eigenvalue weighted by atomic mass is 16.3. The average molecular weight is 161 g/mol. The average Bonchev–Trinajstić information content (AvgIpc) is 1.86. The van der Waals surface area contributed by atoms with E-state index in [4.69, 9.17) is 9.90 Å². The van der Waals surface area contributed by atoms with Crippen LogP contribution in [0.25, 0.3) is 0 Å². The Morgan fingerprint density at radius 2 is 1.82 bits per heavy atom. The fourth-order valence-corrected chi connectivity index (χ4v) is 0.375. The molecular weight excluding hydrogens is 146 g/mol. The number of carbonyl (C=O) groups excluding carboxylic acids is 2. The fourth-order valence-electron chi connectivity index (χ4n) is 0.375. The van der Waals surface area contributed by atoms with Gasteiger partial charge in [-0.2, -0.15) is 0 Å². The van der Waals surface area contributed by atoms with Crippen LogP contribution in [-0.4, -0.2) is 18.8 Å². The highest BCUT2D eigenvalue weighted by Crippen LogP contribution is 2.12. The predicted octanol–water partition coefficient (Wildman–Crippen LogP) is -1.79. The van der Waals surface area contributed by atoms with E-state index in [0.29, 0.717) is 6.54 Å². The smallest absolute Gasteiger partial charge is 0.191 e. The lowest BCUT2D eigenvalue weighted by atomic mass is 9.91. The van der Waals surface area contributed by atoms with Gasteiger partial charge in [-0.15, -0.1) is 0 Å². The molecule has 0 unspecified atom stereocenters. The summed E-state index contributed by atoms with van der Waals surface area (Å²) in [6.07, 6.45) is 0. The number of quaternary nitrogens is 1. The molecule has 0 aliphatic rings. The first-order chi connectivity index (χ1) is 4.90. The zero-order valence-corrected chi connectivity index (χ0v) is 7.22. The Morgan fingerprint density at radius 3 is 1.82 bits per heavy atom. The lowest BCUT2D eigenvalue weighted by Gasteiger charge is -2.12. The Labute approximate surface area is 66.4 Å². The van der Waals surface area contributed by atoms with Gasteiger partial charge in [-0.1, -0.05) is 20.8 Å². The van der Waals surface area contributed by atoms with Gasteiger partial charge in [-0.25, -0.2) is 0 Å². The van der Waals surface area contributed by atoms with Crippen molar-refractivity contribution in [3.8, 4) is 0 Å². The number of carbonyl (C=O) groups is 2. The van der Waals surface area contributed by atoms with Crippen LogP contribution in [0.15, 0.2) is 0 Å². The molecule has 0 aromatic carbocycles. The van der Waals surface area contributed by atoms with Gasteiger partial charge in [0.2, 0.25) is 0 Å². The second-order valence-electron chi connectivity index (χ2n) is 3.02. The van der Waals surface area contributed by atoms with Gasteiger partial charge in [0.25, 0.3) is 0 Å². The first-order valence-electron chi connectivity index (χ1n) is 3.28. The lowest BCUT2D eigenvalue weighted by molar-refractivity contribution is -0.356. The van der Waals surface area contributed by atoms with Crippen molar-refractivity contribution in [2.75, 3.05) is 6.54 Å². The number of ketones is 1. The standard InChI is InChI=1S/C6H13NO.CH2O2/c1-6(2,3)5(8)4-7;2-1-3/h4,7H2,1-3H3;1H,(H,2,3). The van der Waals surface area contributed by atoms with Crippen molar-refractivity contribution < 1.29 is 20.4 Å². The van der Waals surface area contributed by atoms with Gasteiger partial charge in [0, 0.05) is 11.9 Å². The summed E-state index contributed by atoms with van der Waals surface area (Å²) in [7, 11) is 0. The van der Waals surface area contributed by atoms with E-state index >= 15 is 0 Å². The zero-order valence-electron chi connectivity index (χ0n) is 7.22. The maximum atomic E-state index is 10.8. The molecule has 3 N–H and O–H groups in total. The summed E-state index contributed by atoms with van der Waals surface area (Å²) < 4.78 is 0. The van der Waals surface area contributed by atoms with Gasteiger partial charge >= 0.3 is 0 Å². The Balaban J connectivity index is 0. The number of hydrogen-bond donors (Lipinski definition) is 1. The van der Waals surface area contributed by atoms with E-state index in [2.05, 4.69) is 5.73 Å². The first-order valence-corrected chi connectivity index (χ1v) is 3.28. The molecular formula is C7H15NO3. The second-order valence-corrected chi connectivity index (χ2v) is 3.02. The highest BCUT2D eigenvalue weighted by Gasteiger charge is 2.20. The predicted molar refractivity (Wildman–Crippen MR) is 38.3 cm³/mol. The van der Waals surface area contributed by atoms with Gasteiger partial charge < -0.3 is 15.6 Å². The third-order valence-corrected chi connectivity index (χ3v) is 1.06. The van der Waals surface area contributed by atoms with Crippen LogP contribution in [0.5, 0.6) is 0 Å². The molecule has 0 atom stereocenters. The van der Waals surface area contributed by atoms with Crippen molar-refractivity contribution in [2.45, 2.75) is 20.8 Å². The minimum Gasteiger partial charge on any atom is -0.554 e. The van der Waals surface area contributed by atoms with E-state index < -0.39 is 6.47 Å². The van der Waals surface area contributed by atoms with Crippen LogP contribution in [-0.2, 0) is 9.59 Å². The summed E-state index contributed by atoms with van der Waals surface area (Å²) in [6.45, 7) is 5.62. The number of hydrogen-bond acceptors (Lipinski definition) is 3. The molecule has 0 heterocycles. The molecule has 0 saturated heterocycles. The zero-order chi connectivity index (χ0) is 9.49. The van der Waals surface area contributed by atoms with Crippen LogP contribution in [0.4, 0.5) is 0 Å². The first kappa shape index (κ1) is 12.7. The molecule has 0 rings (SSSR count). The molecule has 0 spiro atoms. The summed E-state index contributed by atoms with van der Waals surface area (Å²) in [4.78, 5) is 19.0. The van der Waals surface area contributed by atoms with Crippen molar-refractivity contribution in [3.63, 3.8) is 0 Å². The summed E-state index contributed by atoms with van der Waals surface area (Å²) in [5.41, 5.74) is 3.31. The Bertz CT molecular complexity index is 126. The third-order valence-electron chi connectivity index (χ3n) is 1.06. The van der Waals surface area contributed by atoms with E-state index in [9.17, 15) is 4.79 Å². The molecule has 0 fully saturated rings. The van der Waals surface area contributed by atoms with Crippen LogP contribution >= 0.6 is 0 Å². The van der Waals surface area contributed by atoms with Gasteiger partial charge in [0.1, 0.15) is 6.54 Å². The third kappa shape index (κ3) is 9.10. The van der Waals surface area contributed by atoms with Crippen LogP contribution in [0.3, 0.4) is 0 Å². The quantitative estimate of drug-likeness (QED) is 0.461. The van der Waals surface area contributed by atoms with Crippen molar-refractivity contribution >= 4 is 12.3 Å². The summed E-state index contributed by atoms with van der Waals surface area (Å²) in [6, 6.07) is 0. The van der Waals surface area contributed by atoms with Gasteiger partial charge in [0.05, 0.1) is 0 Å². The van der Waals surface area contributed by atoms with Gasteiger partial charge in [0.15, 0.2) is 5.78 Å². The van der Waals surface area contributed by atoms with Crippen molar-refractivity contribution in [1.29, 1.82) is 0 Å². The number of rotatable bonds is 1. The monoisotopic (exact) mass is 161 g/mol. The molecule has 0 saturated carbocycles. The van der Waals surface area contributed by atoms with Crippen molar-refractivity contribution in [1.82, 2.24) is 0 Å². The maximum Gasteiger partial charge on any atom is 0.191 e. The Kier molecular flexibility index (Phi) is 6.78. The molecule has 0 radical (unpaired) electrons. The summed E-state index contributed by atoms with van der Waals surface area (Å²) in [5, 5.41) is 8.25. The van der Waals surface area contributed by atoms with Gasteiger partial charge in [-0.05, 0) is 0 Å². The Hall–Kier alpha value is -0.900. The van der Waals surface area contributed by atoms with E-state index in [1.807, 2.05) is 20.8 Å². The Morgan fingerprint density at radius 1 is 1.55 bits per heavy atom. The molecule has 11 heavy (non-hydrogen) atoms. The molecule has 0 aromatic heterocycles. The van der Waals surface area contributed by atoms with Crippen LogP contribution in [0, 0.1) is 5.41 Å². The summed E-state index contributed by atoms with van der Waals surface area (Å²) >= 11 is 0. The topological polar surface area (TPSA) is 84.8 Å². The van der Waals surface area contributed by atoms with E-state index in [1.54, 1.807) is 0 Å². The molecule has 4 heteroatoms. The molecule has 0 aromatic rings. The van der Waals surface area contributed by atoms with E-state index in [-0.39, 0.29) is 11.2 Å². The minimum absolute atomic E-state index is 0.193. The number of Topliss-reactive ketones (excluding diaryl/α,β-unsaturated/α-hetero) is 1. The molecule has 0 aliphatic carbocycles. The molecule has 0 amide bonds. The van der Waals surface area contributed by atoms with Crippen LogP contribution in [0.2, 0.25) is 0 Å². The van der Waals surface area contributed by atoms with E-state index in [0.717, 1.165) is 0 Å². The molecule has 4 nitrogen and oxygen atoms in total. The molecule has 0 bridgehead atoms. The van der Waals surface area contributed by atoms with Gasteiger partial charge in [-0.3, -0.25) is 4.79 Å². The summed E-state index contributed by atoms with van der Waals surface area (Å²) in [5.74, 6) is 0.220. The minimum atomic E-state index is -0.500. The molecule has 0 aliphatic heterocycles. The normalized spacial score (nSPS) is 9.45. The maximum absolute atomic E-state index is 10.8. The number of carboxylic acid groups (broad SMARTS) is 1. The highest BCUT2D eigenvalue weighted by molar-refractivity contribution is 5.84. The fraction of sp³-hybridized carbons (Fsp3) is 0.714. The SMILES string of the molecule is CC(C)(C)C(=O)C[NH3+].O=C[O-]. The van der Waals surface area contributed by atoms with E-state index in [1.165, 1.54) is 0 Å².